The molecule has 0 bridgehead atoms. The number of hydrogen-bond acceptors (Lipinski definition) is 3. The average Bonchev–Trinajstić information content (AvgIpc) is 3.22. The summed E-state index contributed by atoms with van der Waals surface area (Å²) in [7, 11) is 0. The molecule has 1 heterocycles. The van der Waals surface area contributed by atoms with Gasteiger partial charge in [0, 0.05) is 18.2 Å². The number of halogens is 1. The number of carbonyl (C=O) groups is 2. The lowest BCUT2D eigenvalue weighted by atomic mass is 10.0. The lowest BCUT2D eigenvalue weighted by Gasteiger charge is -2.18. The first-order valence-electron chi connectivity index (χ1n) is 6.77. The van der Waals surface area contributed by atoms with Gasteiger partial charge < -0.3 is 16.0 Å². The summed E-state index contributed by atoms with van der Waals surface area (Å²) in [6.45, 7) is 0.174. The van der Waals surface area contributed by atoms with Crippen molar-refractivity contribution in [1.82, 2.24) is 5.32 Å². The topological polar surface area (TPSA) is 70.2 Å². The summed E-state index contributed by atoms with van der Waals surface area (Å²) in [6.07, 6.45) is 3.07. The molecule has 6 heteroatoms. The summed E-state index contributed by atoms with van der Waals surface area (Å²) in [5.41, 5.74) is 1.44. The first-order valence-corrected chi connectivity index (χ1v) is 6.77. The van der Waals surface area contributed by atoms with Gasteiger partial charge >= 0.3 is 0 Å². The van der Waals surface area contributed by atoms with Crippen LogP contribution in [0.1, 0.15) is 24.8 Å². The number of fused-ring (bicyclic) bond motifs is 1. The van der Waals surface area contributed by atoms with Crippen LogP contribution in [0, 0.1) is 5.82 Å². The molecule has 0 aromatic heterocycles. The molecule has 1 aliphatic heterocycles. The van der Waals surface area contributed by atoms with Crippen LogP contribution in [-0.4, -0.2) is 24.4 Å². The Morgan fingerprint density at radius 1 is 1.35 bits per heavy atom. The number of rotatable bonds is 4. The molecule has 0 radical (unpaired) electrons. The third kappa shape index (κ3) is 2.96. The minimum Gasteiger partial charge on any atom is -0.326 e. The van der Waals surface area contributed by atoms with E-state index in [0.29, 0.717) is 24.6 Å². The van der Waals surface area contributed by atoms with Crippen molar-refractivity contribution in [1.29, 1.82) is 0 Å². The Bertz CT molecular complexity index is 570. The van der Waals surface area contributed by atoms with Crippen LogP contribution in [0.4, 0.5) is 15.8 Å². The van der Waals surface area contributed by atoms with Crippen molar-refractivity contribution in [3.8, 4) is 0 Å². The maximum atomic E-state index is 13.9. The molecule has 1 fully saturated rings. The van der Waals surface area contributed by atoms with Crippen molar-refractivity contribution >= 4 is 23.2 Å². The second-order valence-corrected chi connectivity index (χ2v) is 5.24. The lowest BCUT2D eigenvalue weighted by Crippen LogP contribution is -2.30. The molecule has 1 saturated carbocycles. The van der Waals surface area contributed by atoms with E-state index < -0.39 is 5.82 Å². The van der Waals surface area contributed by atoms with Gasteiger partial charge in [-0.05, 0) is 37.0 Å². The van der Waals surface area contributed by atoms with Gasteiger partial charge in [0.25, 0.3) is 0 Å². The summed E-state index contributed by atoms with van der Waals surface area (Å²) >= 11 is 0. The third-order valence-corrected chi connectivity index (χ3v) is 3.49. The Morgan fingerprint density at radius 3 is 2.90 bits per heavy atom. The van der Waals surface area contributed by atoms with E-state index in [1.165, 1.54) is 12.1 Å². The minimum absolute atomic E-state index is 0.0863. The molecule has 0 atom stereocenters. The Balaban J connectivity index is 1.70. The Kier molecular flexibility index (Phi) is 3.40. The van der Waals surface area contributed by atoms with Gasteiger partial charge in [-0.2, -0.15) is 0 Å². The van der Waals surface area contributed by atoms with Crippen LogP contribution in [0.3, 0.4) is 0 Å². The molecule has 3 N–H and O–H groups in total. The second kappa shape index (κ2) is 5.20. The Morgan fingerprint density at radius 2 is 2.15 bits per heavy atom. The summed E-state index contributed by atoms with van der Waals surface area (Å²) in [5, 5.41) is 8.28. The highest BCUT2D eigenvalue weighted by molar-refractivity contribution is 5.97. The highest BCUT2D eigenvalue weighted by Gasteiger charge is 2.22. The molecule has 1 aromatic rings. The highest BCUT2D eigenvalue weighted by atomic mass is 19.1. The minimum atomic E-state index is -0.473. The van der Waals surface area contributed by atoms with Crippen LogP contribution in [0.15, 0.2) is 12.1 Å². The van der Waals surface area contributed by atoms with Gasteiger partial charge in [-0.25, -0.2) is 4.39 Å². The lowest BCUT2D eigenvalue weighted by molar-refractivity contribution is -0.116. The molecular formula is C14H16FN3O2. The van der Waals surface area contributed by atoms with Gasteiger partial charge in [-0.1, -0.05) is 0 Å². The van der Waals surface area contributed by atoms with Gasteiger partial charge in [-0.15, -0.1) is 0 Å². The summed E-state index contributed by atoms with van der Waals surface area (Å²) in [4.78, 5) is 23.0. The molecule has 2 aliphatic rings. The number of benzene rings is 1. The van der Waals surface area contributed by atoms with Crippen molar-refractivity contribution in [3.05, 3.63) is 23.5 Å². The van der Waals surface area contributed by atoms with E-state index in [-0.39, 0.29) is 24.0 Å². The normalized spacial score (nSPS) is 17.4. The SMILES string of the molecule is O=C(CNC1CC1)Nc1cc2c(cc1F)CCC(=O)N2. The van der Waals surface area contributed by atoms with Gasteiger partial charge in [0.1, 0.15) is 5.82 Å². The zero-order valence-corrected chi connectivity index (χ0v) is 11.0. The van der Waals surface area contributed by atoms with Crippen LogP contribution in [0.5, 0.6) is 0 Å². The number of nitrogens with one attached hydrogen (secondary N) is 3. The molecule has 106 valence electrons. The summed E-state index contributed by atoms with van der Waals surface area (Å²) in [6, 6.07) is 3.28. The first-order chi connectivity index (χ1) is 9.61. The van der Waals surface area contributed by atoms with E-state index in [0.717, 1.165) is 18.4 Å². The zero-order valence-electron chi connectivity index (χ0n) is 11.0. The second-order valence-electron chi connectivity index (χ2n) is 5.24. The Hall–Kier alpha value is -1.95. The van der Waals surface area contributed by atoms with E-state index in [1.807, 2.05) is 0 Å². The van der Waals surface area contributed by atoms with Crippen molar-refractivity contribution in [2.45, 2.75) is 31.7 Å². The number of anilines is 2. The zero-order chi connectivity index (χ0) is 14.1. The number of amides is 2. The molecule has 0 saturated heterocycles. The number of hydrogen-bond donors (Lipinski definition) is 3. The Labute approximate surface area is 115 Å². The molecule has 0 spiro atoms. The fourth-order valence-corrected chi connectivity index (χ4v) is 2.21. The molecule has 0 unspecified atom stereocenters. The highest BCUT2D eigenvalue weighted by Crippen LogP contribution is 2.28. The predicted molar refractivity (Wildman–Crippen MR) is 73.0 cm³/mol. The fourth-order valence-electron chi connectivity index (χ4n) is 2.21. The molecule has 3 rings (SSSR count). The van der Waals surface area contributed by atoms with E-state index in [9.17, 15) is 14.0 Å². The number of aryl methyl sites for hydroxylation is 1. The molecule has 5 nitrogen and oxygen atoms in total. The van der Waals surface area contributed by atoms with Crippen LogP contribution < -0.4 is 16.0 Å². The molecule has 2 amide bonds. The maximum Gasteiger partial charge on any atom is 0.238 e. The standard InChI is InChI=1S/C14H16FN3O2/c15-10-5-8-1-4-13(19)17-11(8)6-12(10)18-14(20)7-16-9-2-3-9/h5-6,9,16H,1-4,7H2,(H,17,19)(H,18,20). The largest absolute Gasteiger partial charge is 0.326 e. The van der Waals surface area contributed by atoms with Gasteiger partial charge in [0.05, 0.1) is 12.2 Å². The maximum absolute atomic E-state index is 13.9. The summed E-state index contributed by atoms with van der Waals surface area (Å²) < 4.78 is 13.9. The molecule has 20 heavy (non-hydrogen) atoms. The van der Waals surface area contributed by atoms with Crippen LogP contribution >= 0.6 is 0 Å². The van der Waals surface area contributed by atoms with E-state index in [1.54, 1.807) is 0 Å². The van der Waals surface area contributed by atoms with Gasteiger partial charge in [0.15, 0.2) is 0 Å². The van der Waals surface area contributed by atoms with Crippen molar-refractivity contribution in [3.63, 3.8) is 0 Å². The predicted octanol–water partition coefficient (Wildman–Crippen LogP) is 1.40. The van der Waals surface area contributed by atoms with Crippen molar-refractivity contribution in [2.24, 2.45) is 0 Å². The van der Waals surface area contributed by atoms with Crippen LogP contribution in [0.25, 0.3) is 0 Å². The van der Waals surface area contributed by atoms with Gasteiger partial charge in [-0.3, -0.25) is 9.59 Å². The molecular weight excluding hydrogens is 261 g/mol. The van der Waals surface area contributed by atoms with E-state index in [4.69, 9.17) is 0 Å². The van der Waals surface area contributed by atoms with Gasteiger partial charge in [0.2, 0.25) is 11.8 Å². The van der Waals surface area contributed by atoms with Crippen LogP contribution in [-0.2, 0) is 16.0 Å². The van der Waals surface area contributed by atoms with E-state index in [2.05, 4.69) is 16.0 Å². The number of carbonyl (C=O) groups excluding carboxylic acids is 2. The van der Waals surface area contributed by atoms with E-state index >= 15 is 0 Å². The average molecular weight is 277 g/mol. The fraction of sp³-hybridized carbons (Fsp3) is 0.429. The van der Waals surface area contributed by atoms with Crippen molar-refractivity contribution < 1.29 is 14.0 Å². The third-order valence-electron chi connectivity index (χ3n) is 3.49. The first kappa shape index (κ1) is 13.1. The monoisotopic (exact) mass is 277 g/mol. The quantitative estimate of drug-likeness (QED) is 0.779. The molecule has 1 aromatic carbocycles. The van der Waals surface area contributed by atoms with Crippen LogP contribution in [0.2, 0.25) is 0 Å². The van der Waals surface area contributed by atoms with Crippen molar-refractivity contribution in [2.75, 3.05) is 17.2 Å². The molecule has 1 aliphatic carbocycles. The summed E-state index contributed by atoms with van der Waals surface area (Å²) in [5.74, 6) is -0.839. The smallest absolute Gasteiger partial charge is 0.238 e.